The van der Waals surface area contributed by atoms with Crippen LogP contribution in [0.25, 0.3) is 98.4 Å². The highest BCUT2D eigenvalue weighted by molar-refractivity contribution is 7.00. The molecule has 0 spiro atoms. The minimum Gasteiger partial charge on any atom is -0.311 e. The number of anilines is 6. The van der Waals surface area contributed by atoms with Crippen molar-refractivity contribution in [2.45, 2.75) is 0 Å². The Kier molecular flexibility index (Phi) is 7.58. The molecule has 6 heteroatoms. The zero-order valence-electron chi connectivity index (χ0n) is 38.7. The van der Waals surface area contributed by atoms with E-state index in [1.807, 2.05) is 0 Å². The first-order valence-electron chi connectivity index (χ1n) is 24.8. The van der Waals surface area contributed by atoms with Crippen LogP contribution in [0.4, 0.5) is 34.1 Å². The summed E-state index contributed by atoms with van der Waals surface area (Å²) in [6.45, 7) is -0.153. The molecule has 0 radical (unpaired) electrons. The number of rotatable bonds is 4. The van der Waals surface area contributed by atoms with Crippen LogP contribution in [0.1, 0.15) is 0 Å². The summed E-state index contributed by atoms with van der Waals surface area (Å²) in [5, 5.41) is 10.8. The second kappa shape index (κ2) is 14.1. The van der Waals surface area contributed by atoms with Crippen molar-refractivity contribution < 1.29 is 0 Å². The van der Waals surface area contributed by atoms with E-state index in [0.717, 1.165) is 56.4 Å². The third kappa shape index (κ3) is 4.93. The molecule has 0 atom stereocenters. The maximum atomic E-state index is 7.66. The molecule has 0 N–H and O–H groups in total. The molecule has 0 aliphatic carbocycles. The van der Waals surface area contributed by atoms with Crippen LogP contribution in [0.15, 0.2) is 231 Å². The summed E-state index contributed by atoms with van der Waals surface area (Å²) in [5.41, 5.74) is 22.3. The number of hydrogen-bond donors (Lipinski definition) is 0. The van der Waals surface area contributed by atoms with E-state index in [-0.39, 0.29) is 6.71 Å². The third-order valence-electron chi connectivity index (χ3n) is 16.2. The number of benzene rings is 11. The largest absolute Gasteiger partial charge is 0.311 e. The van der Waals surface area contributed by atoms with Gasteiger partial charge in [0.2, 0.25) is 0 Å². The molecule has 0 fully saturated rings. The van der Waals surface area contributed by atoms with Crippen LogP contribution in [-0.4, -0.2) is 15.5 Å². The second-order valence-electron chi connectivity index (χ2n) is 19.7. The Morgan fingerprint density at radius 2 is 0.681 bits per heavy atom. The van der Waals surface area contributed by atoms with E-state index in [9.17, 15) is 0 Å². The van der Waals surface area contributed by atoms with E-state index in [1.54, 1.807) is 0 Å². The van der Waals surface area contributed by atoms with Crippen LogP contribution in [0, 0.1) is 0 Å². The zero-order valence-corrected chi connectivity index (χ0v) is 39.4. The summed E-state index contributed by atoms with van der Waals surface area (Å²) in [5.74, 6) is 0. The van der Waals surface area contributed by atoms with E-state index in [2.05, 4.69) is 249 Å². The number of nitrogens with zero attached hydrogens (tertiary/aromatic N) is 4. The maximum Gasteiger partial charge on any atom is 0.252 e. The van der Waals surface area contributed by atoms with Gasteiger partial charge in [-0.1, -0.05) is 194 Å². The van der Waals surface area contributed by atoms with Crippen LogP contribution in [0.2, 0.25) is 5.02 Å². The van der Waals surface area contributed by atoms with Crippen molar-refractivity contribution in [1.82, 2.24) is 8.80 Å². The molecule has 4 aromatic heterocycles. The molecule has 0 bridgehead atoms. The molecule has 6 heterocycles. The molecule has 17 rings (SSSR count). The first kappa shape index (κ1) is 38.8. The van der Waals surface area contributed by atoms with Crippen molar-refractivity contribution in [1.29, 1.82) is 0 Å². The molecule has 11 aromatic carbocycles. The highest BCUT2D eigenvalue weighted by Crippen LogP contribution is 2.52. The summed E-state index contributed by atoms with van der Waals surface area (Å²) in [6.07, 6.45) is 0. The van der Waals surface area contributed by atoms with Gasteiger partial charge in [-0.2, -0.15) is 0 Å². The summed E-state index contributed by atoms with van der Waals surface area (Å²) >= 11 is 7.66. The van der Waals surface area contributed by atoms with Gasteiger partial charge in [-0.05, 0) is 76.0 Å². The lowest BCUT2D eigenvalue weighted by molar-refractivity contribution is 1.25. The van der Waals surface area contributed by atoms with Gasteiger partial charge in [-0.25, -0.2) is 0 Å². The van der Waals surface area contributed by atoms with E-state index < -0.39 is 0 Å². The summed E-state index contributed by atoms with van der Waals surface area (Å²) in [4.78, 5) is 5.06. The monoisotopic (exact) mass is 932 g/mol. The van der Waals surface area contributed by atoms with Crippen LogP contribution >= 0.6 is 11.6 Å². The van der Waals surface area contributed by atoms with Gasteiger partial charge in [0.25, 0.3) is 6.71 Å². The third-order valence-corrected chi connectivity index (χ3v) is 16.4. The molecule has 0 amide bonds. The number of para-hydroxylation sites is 6. The van der Waals surface area contributed by atoms with E-state index in [1.165, 1.54) is 92.6 Å². The fraction of sp³-hybridized carbons (Fsp3) is 0. The Labute approximate surface area is 419 Å². The standard InChI is InChI=1S/C66H38BClN4/c68-41-33-62-64-63(34-41)70(55-30-12-8-22-43(55)40-19-5-2-6-20-40)61-38-59-51(49-28-16-26-47-45-24-10-14-32-57(45)72(59)66(47)49)36-53(61)67(64)52-35-50-48-27-15-25-46-44-23-9-13-31-56(44)71(65(46)48)58(50)37-60(52)69(62)54-29-11-7-21-42(54)39-17-3-1-4-18-39/h1-38H. The smallest absolute Gasteiger partial charge is 0.252 e. The van der Waals surface area contributed by atoms with Gasteiger partial charge in [0.05, 0.1) is 44.5 Å². The highest BCUT2D eigenvalue weighted by atomic mass is 35.5. The van der Waals surface area contributed by atoms with E-state index >= 15 is 0 Å². The molecule has 2 aliphatic rings. The van der Waals surface area contributed by atoms with E-state index in [0.29, 0.717) is 5.02 Å². The number of hydrogen-bond acceptors (Lipinski definition) is 2. The van der Waals surface area contributed by atoms with Crippen LogP contribution < -0.4 is 26.2 Å². The topological polar surface area (TPSA) is 15.3 Å². The first-order valence-corrected chi connectivity index (χ1v) is 25.2. The molecular weight excluding hydrogens is 895 g/mol. The second-order valence-corrected chi connectivity index (χ2v) is 20.1. The minimum atomic E-state index is -0.153. The van der Waals surface area contributed by atoms with Crippen molar-refractivity contribution in [3.05, 3.63) is 236 Å². The summed E-state index contributed by atoms with van der Waals surface area (Å²) in [7, 11) is 0. The normalized spacial score (nSPS) is 13.3. The quantitative estimate of drug-likeness (QED) is 0.163. The van der Waals surface area contributed by atoms with Gasteiger partial charge in [-0.3, -0.25) is 0 Å². The van der Waals surface area contributed by atoms with Crippen molar-refractivity contribution in [3.8, 4) is 22.3 Å². The average Bonchev–Trinajstić information content (AvgIpc) is 4.16. The summed E-state index contributed by atoms with van der Waals surface area (Å²) in [6, 6.07) is 85.4. The molecule has 15 aromatic rings. The molecule has 72 heavy (non-hydrogen) atoms. The predicted octanol–water partition coefficient (Wildman–Crippen LogP) is 16.1. The number of halogens is 1. The maximum absolute atomic E-state index is 7.66. The van der Waals surface area contributed by atoms with Crippen molar-refractivity contribution in [3.63, 3.8) is 0 Å². The average molecular weight is 933 g/mol. The lowest BCUT2D eigenvalue weighted by Crippen LogP contribution is -2.61. The van der Waals surface area contributed by atoms with Crippen molar-refractivity contribution >= 4 is 145 Å². The Morgan fingerprint density at radius 1 is 0.292 bits per heavy atom. The summed E-state index contributed by atoms with van der Waals surface area (Å²) < 4.78 is 5.03. The van der Waals surface area contributed by atoms with Gasteiger partial charge in [-0.15, -0.1) is 0 Å². The van der Waals surface area contributed by atoms with Gasteiger partial charge in [0, 0.05) is 82.0 Å². The molecule has 4 nitrogen and oxygen atoms in total. The van der Waals surface area contributed by atoms with Gasteiger partial charge in [0.15, 0.2) is 0 Å². The highest BCUT2D eigenvalue weighted by Gasteiger charge is 2.45. The molecular formula is C66H38BClN4. The fourth-order valence-electron chi connectivity index (χ4n) is 13.4. The predicted molar refractivity (Wildman–Crippen MR) is 306 cm³/mol. The Bertz CT molecular complexity index is 4490. The van der Waals surface area contributed by atoms with Gasteiger partial charge < -0.3 is 18.6 Å². The van der Waals surface area contributed by atoms with Crippen LogP contribution in [0.5, 0.6) is 0 Å². The SMILES string of the molecule is Clc1cc2c3c(c1)N(c1ccccc1-c1ccccc1)c1cc4c(cc1B3c1cc3c5cccc6c7ccccc7n(c3cc1N2c1ccccc1-c1ccccc1)c65)c1cccc2c3ccccc3n4c21. The van der Waals surface area contributed by atoms with E-state index in [4.69, 9.17) is 11.6 Å². The van der Waals surface area contributed by atoms with Crippen LogP contribution in [-0.2, 0) is 0 Å². The molecule has 0 unspecified atom stereocenters. The fourth-order valence-corrected chi connectivity index (χ4v) is 13.6. The number of aromatic nitrogens is 2. The number of fused-ring (bicyclic) bond motifs is 16. The zero-order chi connectivity index (χ0) is 46.9. The minimum absolute atomic E-state index is 0.153. The molecule has 0 saturated heterocycles. The lowest BCUT2D eigenvalue weighted by atomic mass is 9.33. The molecule has 0 saturated carbocycles. The molecule has 332 valence electrons. The first-order chi connectivity index (χ1) is 35.7. The molecule has 2 aliphatic heterocycles. The van der Waals surface area contributed by atoms with Crippen molar-refractivity contribution in [2.24, 2.45) is 0 Å². The van der Waals surface area contributed by atoms with Crippen molar-refractivity contribution in [2.75, 3.05) is 9.80 Å². The Hall–Kier alpha value is -9.03. The van der Waals surface area contributed by atoms with Crippen LogP contribution in [0.3, 0.4) is 0 Å². The lowest BCUT2D eigenvalue weighted by Gasteiger charge is -2.45. The Morgan fingerprint density at radius 3 is 1.15 bits per heavy atom. The Balaban J connectivity index is 1.06. The van der Waals surface area contributed by atoms with Gasteiger partial charge in [0.1, 0.15) is 0 Å². The van der Waals surface area contributed by atoms with Gasteiger partial charge >= 0.3 is 0 Å².